The summed E-state index contributed by atoms with van der Waals surface area (Å²) in [6.45, 7) is -0.752. The van der Waals surface area contributed by atoms with E-state index in [1.807, 2.05) is 0 Å². The summed E-state index contributed by atoms with van der Waals surface area (Å²) in [5, 5.41) is 12.9. The Hall–Kier alpha value is -2.51. The van der Waals surface area contributed by atoms with Crippen LogP contribution in [0, 0.1) is 10.1 Å². The molecule has 0 heterocycles. The van der Waals surface area contributed by atoms with Gasteiger partial charge in [0.05, 0.1) is 22.2 Å². The van der Waals surface area contributed by atoms with Crippen LogP contribution in [-0.2, 0) is 20.8 Å². The van der Waals surface area contributed by atoms with Crippen LogP contribution in [-0.4, -0.2) is 17.8 Å². The maximum atomic E-state index is 11.7. The SMILES string of the molecule is O=C(Cc1ccccc1Nc1c(Cl)cccc1Cl)OCO[N+](=O)[O-]. The molecular formula is C15H12Cl2N2O5. The average molecular weight is 371 g/mol. The summed E-state index contributed by atoms with van der Waals surface area (Å²) >= 11 is 12.2. The molecule has 1 N–H and O–H groups in total. The molecule has 24 heavy (non-hydrogen) atoms. The van der Waals surface area contributed by atoms with Crippen molar-refractivity contribution in [2.24, 2.45) is 0 Å². The number of carbonyl (C=O) groups excluding carboxylic acids is 1. The number of anilines is 2. The number of carbonyl (C=O) groups is 1. The Kier molecular flexibility index (Phi) is 6.22. The summed E-state index contributed by atoms with van der Waals surface area (Å²) in [6.07, 6.45) is -0.105. The third kappa shape index (κ3) is 5.00. The number of hydrogen-bond acceptors (Lipinski definition) is 6. The van der Waals surface area contributed by atoms with Crippen molar-refractivity contribution in [3.8, 4) is 0 Å². The summed E-state index contributed by atoms with van der Waals surface area (Å²) in [5.74, 6) is -0.670. The first-order valence-corrected chi connectivity index (χ1v) is 7.45. The van der Waals surface area contributed by atoms with Gasteiger partial charge in [-0.1, -0.05) is 47.5 Å². The first kappa shape index (κ1) is 17.8. The molecule has 0 unspecified atom stereocenters. The topological polar surface area (TPSA) is 90.7 Å². The fourth-order valence-corrected chi connectivity index (χ4v) is 2.38. The number of halogens is 2. The number of nitrogens with one attached hydrogen (secondary N) is 1. The molecule has 0 atom stereocenters. The Labute approximate surface area is 147 Å². The van der Waals surface area contributed by atoms with Crippen LogP contribution in [0.15, 0.2) is 42.5 Å². The van der Waals surface area contributed by atoms with Crippen LogP contribution in [0.4, 0.5) is 11.4 Å². The van der Waals surface area contributed by atoms with E-state index in [1.54, 1.807) is 42.5 Å². The normalized spacial score (nSPS) is 10.1. The minimum Gasteiger partial charge on any atom is -0.438 e. The average Bonchev–Trinajstić information content (AvgIpc) is 2.52. The van der Waals surface area contributed by atoms with Crippen LogP contribution in [0.25, 0.3) is 0 Å². The van der Waals surface area contributed by atoms with Crippen LogP contribution in [0.3, 0.4) is 0 Å². The van der Waals surface area contributed by atoms with Gasteiger partial charge in [-0.2, -0.15) is 0 Å². The molecule has 0 saturated heterocycles. The molecule has 0 saturated carbocycles. The van der Waals surface area contributed by atoms with Gasteiger partial charge in [-0.25, -0.2) is 0 Å². The molecular weight excluding hydrogens is 359 g/mol. The lowest BCUT2D eigenvalue weighted by atomic mass is 10.1. The van der Waals surface area contributed by atoms with E-state index < -0.39 is 17.8 Å². The summed E-state index contributed by atoms with van der Waals surface area (Å²) < 4.78 is 4.63. The zero-order valence-corrected chi connectivity index (χ0v) is 13.7. The van der Waals surface area contributed by atoms with Gasteiger partial charge in [-0.05, 0) is 23.8 Å². The third-order valence-electron chi connectivity index (χ3n) is 2.95. The number of esters is 1. The molecule has 0 spiro atoms. The Balaban J connectivity index is 2.10. The standard InChI is InChI=1S/C15H12Cl2N2O5/c16-11-5-3-6-12(17)15(11)18-13-7-2-1-4-10(13)8-14(20)23-9-24-19(21)22/h1-7,18H,8-9H2. The highest BCUT2D eigenvalue weighted by Gasteiger charge is 2.12. The van der Waals surface area contributed by atoms with Crippen molar-refractivity contribution in [1.82, 2.24) is 0 Å². The fraction of sp³-hybridized carbons (Fsp3) is 0.133. The van der Waals surface area contributed by atoms with Crippen molar-refractivity contribution in [3.63, 3.8) is 0 Å². The zero-order chi connectivity index (χ0) is 17.5. The molecule has 7 nitrogen and oxygen atoms in total. The number of benzene rings is 2. The molecule has 2 aromatic carbocycles. The summed E-state index contributed by atoms with van der Waals surface area (Å²) in [6, 6.07) is 12.1. The van der Waals surface area contributed by atoms with Gasteiger partial charge in [0.25, 0.3) is 5.09 Å². The first-order valence-electron chi connectivity index (χ1n) is 6.69. The maximum Gasteiger partial charge on any atom is 0.312 e. The monoisotopic (exact) mass is 370 g/mol. The van der Waals surface area contributed by atoms with E-state index in [1.165, 1.54) is 0 Å². The molecule has 0 aliphatic carbocycles. The van der Waals surface area contributed by atoms with E-state index in [9.17, 15) is 14.9 Å². The van der Waals surface area contributed by atoms with Crippen LogP contribution >= 0.6 is 23.2 Å². The first-order chi connectivity index (χ1) is 11.5. The van der Waals surface area contributed by atoms with Gasteiger partial charge < -0.3 is 10.1 Å². The second-order valence-electron chi connectivity index (χ2n) is 4.54. The molecule has 126 valence electrons. The smallest absolute Gasteiger partial charge is 0.312 e. The molecule has 0 aliphatic heterocycles. The molecule has 9 heteroatoms. The number of para-hydroxylation sites is 2. The number of ether oxygens (including phenoxy) is 1. The van der Waals surface area contributed by atoms with E-state index >= 15 is 0 Å². The van der Waals surface area contributed by atoms with Crippen LogP contribution in [0.5, 0.6) is 0 Å². The predicted octanol–water partition coefficient (Wildman–Crippen LogP) is 3.99. The highest BCUT2D eigenvalue weighted by atomic mass is 35.5. The lowest BCUT2D eigenvalue weighted by Crippen LogP contribution is -2.14. The Morgan fingerprint density at radius 3 is 2.46 bits per heavy atom. The zero-order valence-electron chi connectivity index (χ0n) is 12.2. The Morgan fingerprint density at radius 2 is 1.79 bits per heavy atom. The van der Waals surface area contributed by atoms with Gasteiger partial charge >= 0.3 is 5.97 Å². The van der Waals surface area contributed by atoms with Crippen molar-refractivity contribution in [1.29, 1.82) is 0 Å². The molecule has 2 rings (SSSR count). The number of nitrogens with zero attached hydrogens (tertiary/aromatic N) is 1. The van der Waals surface area contributed by atoms with Crippen molar-refractivity contribution in [2.45, 2.75) is 6.42 Å². The van der Waals surface area contributed by atoms with E-state index in [4.69, 9.17) is 23.2 Å². The minimum atomic E-state index is -1.04. The summed E-state index contributed by atoms with van der Waals surface area (Å²) in [7, 11) is 0. The quantitative estimate of drug-likeness (QED) is 0.343. The predicted molar refractivity (Wildman–Crippen MR) is 88.9 cm³/mol. The molecule has 0 bridgehead atoms. The van der Waals surface area contributed by atoms with E-state index in [0.717, 1.165) is 0 Å². The van der Waals surface area contributed by atoms with Crippen molar-refractivity contribution in [2.75, 3.05) is 12.1 Å². The van der Waals surface area contributed by atoms with Crippen molar-refractivity contribution < 1.29 is 19.5 Å². The second kappa shape index (κ2) is 8.37. The van der Waals surface area contributed by atoms with Gasteiger partial charge in [0, 0.05) is 5.69 Å². The Bertz CT molecular complexity index is 734. The van der Waals surface area contributed by atoms with Gasteiger partial charge in [-0.3, -0.25) is 9.63 Å². The molecule has 0 aromatic heterocycles. The van der Waals surface area contributed by atoms with Crippen LogP contribution in [0.1, 0.15) is 5.56 Å². The van der Waals surface area contributed by atoms with E-state index in [-0.39, 0.29) is 6.42 Å². The van der Waals surface area contributed by atoms with E-state index in [2.05, 4.69) is 14.9 Å². The second-order valence-corrected chi connectivity index (χ2v) is 5.36. The molecule has 0 radical (unpaired) electrons. The molecule has 0 fully saturated rings. The summed E-state index contributed by atoms with van der Waals surface area (Å²) in [5.41, 5.74) is 1.73. The molecule has 0 aliphatic rings. The van der Waals surface area contributed by atoms with Gasteiger partial charge in [0.2, 0.25) is 6.79 Å². The van der Waals surface area contributed by atoms with Gasteiger partial charge in [0.15, 0.2) is 0 Å². The van der Waals surface area contributed by atoms with Crippen molar-refractivity contribution >= 4 is 40.5 Å². The summed E-state index contributed by atoms with van der Waals surface area (Å²) in [4.78, 5) is 25.7. The maximum absolute atomic E-state index is 11.7. The fourth-order valence-electron chi connectivity index (χ4n) is 1.89. The molecule has 2 aromatic rings. The minimum absolute atomic E-state index is 0.105. The molecule has 0 amide bonds. The number of hydrogen-bond donors (Lipinski definition) is 1. The third-order valence-corrected chi connectivity index (χ3v) is 3.58. The van der Waals surface area contributed by atoms with Crippen LogP contribution in [0.2, 0.25) is 10.0 Å². The highest BCUT2D eigenvalue weighted by molar-refractivity contribution is 6.39. The lowest BCUT2D eigenvalue weighted by molar-refractivity contribution is -0.765. The highest BCUT2D eigenvalue weighted by Crippen LogP contribution is 2.33. The van der Waals surface area contributed by atoms with E-state index in [0.29, 0.717) is 27.0 Å². The van der Waals surface area contributed by atoms with Gasteiger partial charge in [-0.15, -0.1) is 10.1 Å². The number of rotatable bonds is 7. The van der Waals surface area contributed by atoms with Crippen LogP contribution < -0.4 is 5.32 Å². The van der Waals surface area contributed by atoms with Crippen molar-refractivity contribution in [3.05, 3.63) is 68.2 Å². The largest absolute Gasteiger partial charge is 0.438 e. The lowest BCUT2D eigenvalue weighted by Gasteiger charge is -2.14. The Morgan fingerprint density at radius 1 is 1.12 bits per heavy atom. The van der Waals surface area contributed by atoms with Gasteiger partial charge in [0.1, 0.15) is 0 Å².